The van der Waals surface area contributed by atoms with Gasteiger partial charge in [-0.05, 0) is 49.6 Å². The maximum Gasteiger partial charge on any atom is 0.263 e. The van der Waals surface area contributed by atoms with Gasteiger partial charge in [0, 0.05) is 29.2 Å². The van der Waals surface area contributed by atoms with Gasteiger partial charge in [-0.1, -0.05) is 40.2 Å². The van der Waals surface area contributed by atoms with Crippen molar-refractivity contribution in [2.45, 2.75) is 43.3 Å². The first-order chi connectivity index (χ1) is 12.9. The zero-order chi connectivity index (χ0) is 19.0. The molecule has 2 unspecified atom stereocenters. The van der Waals surface area contributed by atoms with Crippen molar-refractivity contribution < 1.29 is 8.42 Å². The fraction of sp³-hybridized carbons (Fsp3) is 0.350. The number of likely N-dealkylation sites (tertiary alicyclic amines) is 1. The minimum absolute atomic E-state index is 0.130. The monoisotopic (exact) mass is 447 g/mol. The lowest BCUT2D eigenvalue weighted by Gasteiger charge is -2.36. The third-order valence-corrected chi connectivity index (χ3v) is 7.19. The molecular weight excluding hydrogens is 426 g/mol. The molecule has 1 N–H and O–H groups in total. The van der Waals surface area contributed by atoms with E-state index in [1.807, 2.05) is 12.1 Å². The van der Waals surface area contributed by atoms with E-state index >= 15 is 0 Å². The number of nitrogens with one attached hydrogen (secondary N) is 1. The predicted octanol–water partition coefficient (Wildman–Crippen LogP) is 3.54. The van der Waals surface area contributed by atoms with Crippen LogP contribution < -0.4 is 4.72 Å². The van der Waals surface area contributed by atoms with E-state index in [4.69, 9.17) is 4.99 Å². The fourth-order valence-corrected chi connectivity index (χ4v) is 5.29. The average Bonchev–Trinajstić information content (AvgIpc) is 2.90. The van der Waals surface area contributed by atoms with Crippen molar-refractivity contribution in [2.75, 3.05) is 6.54 Å². The number of hydrogen-bond acceptors (Lipinski definition) is 4. The Labute approximate surface area is 168 Å². The zero-order valence-corrected chi connectivity index (χ0v) is 17.5. The summed E-state index contributed by atoms with van der Waals surface area (Å²) in [7, 11) is -3.47. The highest BCUT2D eigenvalue weighted by atomic mass is 79.9. The normalized spacial score (nSPS) is 25.9. The summed E-state index contributed by atoms with van der Waals surface area (Å²) in [6, 6.07) is 16.0. The molecule has 0 saturated carbocycles. The summed E-state index contributed by atoms with van der Waals surface area (Å²) < 4.78 is 28.2. The van der Waals surface area contributed by atoms with E-state index in [1.54, 1.807) is 12.1 Å². The molecule has 2 heterocycles. The molecule has 2 aromatic rings. The third-order valence-electron chi connectivity index (χ3n) is 5.26. The molecule has 4 rings (SSSR count). The molecule has 27 heavy (non-hydrogen) atoms. The van der Waals surface area contributed by atoms with E-state index in [1.165, 1.54) is 5.56 Å². The zero-order valence-electron chi connectivity index (χ0n) is 15.1. The number of benzene rings is 2. The highest BCUT2D eigenvalue weighted by Gasteiger charge is 2.32. The summed E-state index contributed by atoms with van der Waals surface area (Å²) in [6.07, 6.45) is 1.85. The number of sulfonamides is 1. The lowest BCUT2D eigenvalue weighted by atomic mass is 9.98. The second-order valence-electron chi connectivity index (χ2n) is 7.20. The number of nitrogens with zero attached hydrogens (tertiary/aromatic N) is 2. The molecule has 0 amide bonds. The second kappa shape index (κ2) is 7.37. The Morgan fingerprint density at radius 2 is 1.93 bits per heavy atom. The van der Waals surface area contributed by atoms with Gasteiger partial charge in [-0.15, -0.1) is 0 Å². The Bertz CT molecular complexity index is 973. The third kappa shape index (κ3) is 3.95. The van der Waals surface area contributed by atoms with Crippen LogP contribution >= 0.6 is 15.9 Å². The number of amidine groups is 1. The molecule has 2 aromatic carbocycles. The molecule has 5 nitrogen and oxygen atoms in total. The Kier molecular flexibility index (Phi) is 5.09. The van der Waals surface area contributed by atoms with Crippen LogP contribution in [0.2, 0.25) is 0 Å². The number of piperidine rings is 1. The predicted molar refractivity (Wildman–Crippen MR) is 110 cm³/mol. The first-order valence-corrected chi connectivity index (χ1v) is 11.4. The van der Waals surface area contributed by atoms with Crippen LogP contribution in [0.4, 0.5) is 0 Å². The maximum atomic E-state index is 12.2. The number of aliphatic imine (C=N–C) groups is 1. The molecule has 1 fully saturated rings. The van der Waals surface area contributed by atoms with Crippen molar-refractivity contribution in [1.82, 2.24) is 9.62 Å². The van der Waals surface area contributed by atoms with Crippen LogP contribution in [0.5, 0.6) is 0 Å². The van der Waals surface area contributed by atoms with Gasteiger partial charge in [0.2, 0.25) is 0 Å². The van der Waals surface area contributed by atoms with Gasteiger partial charge in [0.15, 0.2) is 0 Å². The minimum atomic E-state index is -3.47. The lowest BCUT2D eigenvalue weighted by molar-refractivity contribution is 0.140. The van der Waals surface area contributed by atoms with Gasteiger partial charge in [0.25, 0.3) is 10.0 Å². The van der Waals surface area contributed by atoms with Crippen LogP contribution in [0.25, 0.3) is 0 Å². The first kappa shape index (κ1) is 18.7. The smallest absolute Gasteiger partial charge is 0.263 e. The van der Waals surface area contributed by atoms with Gasteiger partial charge in [-0.25, -0.2) is 8.42 Å². The van der Waals surface area contributed by atoms with Gasteiger partial charge in [0.1, 0.15) is 5.84 Å². The summed E-state index contributed by atoms with van der Waals surface area (Å²) in [5.74, 6) is 0.490. The van der Waals surface area contributed by atoms with Gasteiger partial charge in [-0.2, -0.15) is 0 Å². The molecule has 0 radical (unpaired) electrons. The van der Waals surface area contributed by atoms with Crippen molar-refractivity contribution in [3.05, 3.63) is 64.1 Å². The molecule has 0 bridgehead atoms. The van der Waals surface area contributed by atoms with Gasteiger partial charge >= 0.3 is 0 Å². The molecule has 2 aliphatic rings. The highest BCUT2D eigenvalue weighted by molar-refractivity contribution is 9.10. The molecule has 0 spiro atoms. The topological polar surface area (TPSA) is 61.8 Å². The largest absolute Gasteiger partial charge is 0.296 e. The Morgan fingerprint density at radius 3 is 2.67 bits per heavy atom. The van der Waals surface area contributed by atoms with Gasteiger partial charge < -0.3 is 0 Å². The van der Waals surface area contributed by atoms with Crippen molar-refractivity contribution in [3.8, 4) is 0 Å². The van der Waals surface area contributed by atoms with Crippen LogP contribution in [-0.2, 0) is 16.6 Å². The molecule has 142 valence electrons. The van der Waals surface area contributed by atoms with Crippen molar-refractivity contribution in [1.29, 1.82) is 0 Å². The van der Waals surface area contributed by atoms with E-state index in [0.717, 1.165) is 30.4 Å². The highest BCUT2D eigenvalue weighted by Crippen LogP contribution is 2.26. The molecule has 7 heteroatoms. The van der Waals surface area contributed by atoms with E-state index in [-0.39, 0.29) is 6.04 Å². The van der Waals surface area contributed by atoms with Gasteiger partial charge in [-0.3, -0.25) is 14.6 Å². The molecule has 0 aromatic heterocycles. The summed E-state index contributed by atoms with van der Waals surface area (Å²) in [6.45, 7) is 4.10. The Balaban J connectivity index is 1.46. The van der Waals surface area contributed by atoms with Crippen molar-refractivity contribution in [3.63, 3.8) is 0 Å². The summed E-state index contributed by atoms with van der Waals surface area (Å²) in [5, 5.41) is 0. The van der Waals surface area contributed by atoms with Crippen molar-refractivity contribution >= 4 is 31.8 Å². The number of rotatable bonds is 3. The SMILES string of the molecule is CC1CC(N=C2NS(=O)(=O)c3ccccc32)CCN1Cc1ccc(Br)cc1. The van der Waals surface area contributed by atoms with Crippen LogP contribution in [0.3, 0.4) is 0 Å². The Morgan fingerprint density at radius 1 is 1.19 bits per heavy atom. The molecule has 2 aliphatic heterocycles. The average molecular weight is 448 g/mol. The van der Waals surface area contributed by atoms with E-state index < -0.39 is 10.0 Å². The Hall–Kier alpha value is -1.70. The quantitative estimate of drug-likeness (QED) is 0.782. The van der Waals surface area contributed by atoms with Crippen molar-refractivity contribution in [2.24, 2.45) is 4.99 Å². The molecule has 1 saturated heterocycles. The maximum absolute atomic E-state index is 12.2. The summed E-state index contributed by atoms with van der Waals surface area (Å²) in [4.78, 5) is 7.56. The second-order valence-corrected chi connectivity index (χ2v) is 9.77. The van der Waals surface area contributed by atoms with E-state index in [9.17, 15) is 8.42 Å². The van der Waals surface area contributed by atoms with Crippen LogP contribution in [0.15, 0.2) is 62.9 Å². The summed E-state index contributed by atoms with van der Waals surface area (Å²) >= 11 is 3.47. The minimum Gasteiger partial charge on any atom is -0.296 e. The van der Waals surface area contributed by atoms with Gasteiger partial charge in [0.05, 0.1) is 10.9 Å². The molecule has 0 aliphatic carbocycles. The lowest BCUT2D eigenvalue weighted by Crippen LogP contribution is -2.42. The van der Waals surface area contributed by atoms with Crippen LogP contribution in [0, 0.1) is 0 Å². The summed E-state index contributed by atoms with van der Waals surface area (Å²) in [5.41, 5.74) is 1.98. The van der Waals surface area contributed by atoms with E-state index in [0.29, 0.717) is 22.3 Å². The number of fused-ring (bicyclic) bond motifs is 1. The fourth-order valence-electron chi connectivity index (χ4n) is 3.78. The molecule has 2 atom stereocenters. The standard InChI is InChI=1S/C20H22BrN3O2S/c1-14-12-17(10-11-24(14)13-15-6-8-16(21)9-7-15)22-20-18-4-2-3-5-19(18)27(25,26)23-20/h2-9,14,17H,10-13H2,1H3,(H,22,23). The van der Waals surface area contributed by atoms with Crippen LogP contribution in [-0.4, -0.2) is 37.8 Å². The van der Waals surface area contributed by atoms with E-state index in [2.05, 4.69) is 56.7 Å². The molecular formula is C20H22BrN3O2S. The first-order valence-electron chi connectivity index (χ1n) is 9.11. The number of hydrogen-bond donors (Lipinski definition) is 1. The number of halogens is 1. The van der Waals surface area contributed by atoms with Crippen LogP contribution in [0.1, 0.15) is 30.9 Å².